The number of aromatic amines is 1. The molecule has 4 heterocycles. The van der Waals surface area contributed by atoms with Crippen LogP contribution in [-0.2, 0) is 35.3 Å². The predicted octanol–water partition coefficient (Wildman–Crippen LogP) is 10.8. The molecule has 11 nitrogen and oxygen atoms in total. The summed E-state index contributed by atoms with van der Waals surface area (Å²) in [5.74, 6) is 0.0477. The predicted molar refractivity (Wildman–Crippen MR) is 214 cm³/mol. The van der Waals surface area contributed by atoms with Gasteiger partial charge in [-0.3, -0.25) is 0 Å². The number of carbonyl (C=O) groups is 2. The van der Waals surface area contributed by atoms with Gasteiger partial charge in [-0.1, -0.05) is 59.2 Å². The molecule has 0 unspecified atom stereocenters. The summed E-state index contributed by atoms with van der Waals surface area (Å²) in [5, 5.41) is 2.33. The van der Waals surface area contributed by atoms with Crippen LogP contribution in [0.2, 0.25) is 20.1 Å². The Morgan fingerprint density at radius 3 is 1.96 bits per heavy atom. The maximum absolute atomic E-state index is 13.6. The minimum atomic E-state index is -0.719. The molecule has 0 bridgehead atoms. The average molecular weight is 850 g/mol. The minimum Gasteiger partial charge on any atom is -0.453 e. The van der Waals surface area contributed by atoms with E-state index in [9.17, 15) is 18.4 Å². The Kier molecular flexibility index (Phi) is 15.6. The number of nitrogens with one attached hydrogen (secondary N) is 1. The normalized spacial score (nSPS) is 11.1. The third-order valence-electron chi connectivity index (χ3n) is 8.62. The van der Waals surface area contributed by atoms with Crippen LogP contribution in [0.3, 0.4) is 0 Å². The molecular weight excluding hydrogens is 810 g/mol. The van der Waals surface area contributed by atoms with Crippen LogP contribution in [0.5, 0.6) is 0 Å². The Morgan fingerprint density at radius 1 is 0.696 bits per heavy atom. The van der Waals surface area contributed by atoms with Crippen molar-refractivity contribution < 1.29 is 27.8 Å². The lowest BCUT2D eigenvalue weighted by atomic mass is 10.1. The lowest BCUT2D eigenvalue weighted by Gasteiger charge is -2.21. The number of pyridine rings is 2. The summed E-state index contributed by atoms with van der Waals surface area (Å²) in [6, 6.07) is 16.4. The molecule has 0 saturated heterocycles. The molecule has 1 N–H and O–H groups in total. The lowest BCUT2D eigenvalue weighted by molar-refractivity contribution is 0.120. The zero-order valence-electron chi connectivity index (χ0n) is 30.6. The summed E-state index contributed by atoms with van der Waals surface area (Å²) in [5.41, 5.74) is 3.67. The van der Waals surface area contributed by atoms with Crippen molar-refractivity contribution in [2.75, 3.05) is 20.8 Å². The Balaban J connectivity index is 0.000000223. The molecule has 0 aliphatic carbocycles. The largest absolute Gasteiger partial charge is 0.453 e. The van der Waals surface area contributed by atoms with Crippen molar-refractivity contribution in [2.24, 2.45) is 0 Å². The van der Waals surface area contributed by atoms with E-state index >= 15 is 0 Å². The first-order valence-electron chi connectivity index (χ1n) is 17.8. The fraction of sp³-hybridized carbons (Fsp3) is 0.333. The number of aromatic nitrogens is 6. The fourth-order valence-corrected chi connectivity index (χ4v) is 7.21. The molecule has 0 fully saturated rings. The highest BCUT2D eigenvalue weighted by Crippen LogP contribution is 2.23. The van der Waals surface area contributed by atoms with Crippen LogP contribution in [0.25, 0.3) is 22.3 Å². The van der Waals surface area contributed by atoms with E-state index in [2.05, 4.69) is 24.9 Å². The van der Waals surface area contributed by atoms with Gasteiger partial charge in [0.15, 0.2) is 11.3 Å². The second-order valence-corrected chi connectivity index (χ2v) is 14.6. The van der Waals surface area contributed by atoms with E-state index in [1.807, 2.05) is 12.1 Å². The lowest BCUT2D eigenvalue weighted by Crippen LogP contribution is -2.31. The van der Waals surface area contributed by atoms with Crippen LogP contribution >= 0.6 is 46.4 Å². The highest BCUT2D eigenvalue weighted by atomic mass is 35.5. The number of methoxy groups -OCH3 is 2. The van der Waals surface area contributed by atoms with E-state index in [4.69, 9.17) is 55.9 Å². The van der Waals surface area contributed by atoms with E-state index in [0.717, 1.165) is 60.0 Å². The molecule has 17 heteroatoms. The number of amides is 1. The van der Waals surface area contributed by atoms with Crippen LogP contribution in [-0.4, -0.2) is 67.3 Å². The first-order chi connectivity index (χ1) is 26.9. The van der Waals surface area contributed by atoms with Crippen molar-refractivity contribution in [3.8, 4) is 0 Å². The number of aryl methyl sites for hydroxylation is 3. The van der Waals surface area contributed by atoms with Crippen LogP contribution in [0.15, 0.2) is 60.7 Å². The van der Waals surface area contributed by atoms with Crippen LogP contribution in [0.1, 0.15) is 61.3 Å². The molecule has 296 valence electrons. The highest BCUT2D eigenvalue weighted by Gasteiger charge is 2.20. The topological polar surface area (TPSA) is 128 Å². The molecular formula is C39H39Cl4F2N7O4. The number of unbranched alkanes of at least 4 members (excludes halogenated alkanes) is 4. The number of carbonyl (C=O) groups excluding carboxylic acids is 2. The van der Waals surface area contributed by atoms with E-state index < -0.39 is 24.1 Å². The number of halogens is 6. The number of hydrogen-bond donors (Lipinski definition) is 1. The van der Waals surface area contributed by atoms with Crippen molar-refractivity contribution in [2.45, 2.75) is 64.3 Å². The van der Waals surface area contributed by atoms with Gasteiger partial charge in [-0.25, -0.2) is 24.1 Å². The van der Waals surface area contributed by atoms with Gasteiger partial charge in [-0.2, -0.15) is 18.7 Å². The molecule has 2 aromatic carbocycles. The molecule has 0 aliphatic rings. The Hall–Kier alpha value is -4.56. The quantitative estimate of drug-likeness (QED) is 0.0848. The van der Waals surface area contributed by atoms with Gasteiger partial charge in [-0.15, -0.1) is 0 Å². The SMILES string of the molecule is COC(=O)N(CCCCc1nc2ccc(F)nc2n1C(=O)OC)Cc1cc(Cl)cc(Cl)c1.Fc1ccc2[nH]c(CCCCCCc3cc(Cl)cc(Cl)c3)nc2n1. The number of imidazole rings is 2. The summed E-state index contributed by atoms with van der Waals surface area (Å²) in [6.07, 6.45) is 6.62. The van der Waals surface area contributed by atoms with Gasteiger partial charge in [-0.05, 0) is 104 Å². The Morgan fingerprint density at radius 2 is 1.30 bits per heavy atom. The zero-order chi connectivity index (χ0) is 40.2. The summed E-state index contributed by atoms with van der Waals surface area (Å²) >= 11 is 24.1. The molecule has 6 aromatic rings. The average Bonchev–Trinajstić information content (AvgIpc) is 3.73. The standard InChI is InChI=1S/C21H21Cl2FN4O4.C18H18Cl2FN3/c1-31-20(29)27(12-13-9-14(22)11-15(23)10-13)8-4-3-5-18-25-16-6-7-17(24)26-19(16)28(18)21(30)32-2;19-13-9-12(10-14(20)11-13)5-3-1-2-4-6-17-22-15-7-8-16(21)23-18(15)24-17/h6-7,9-11H,3-5,8,12H2,1-2H3;7-11H,1-6H2,(H,22,23,24). The summed E-state index contributed by atoms with van der Waals surface area (Å²) in [7, 11) is 2.54. The van der Waals surface area contributed by atoms with Crippen molar-refractivity contribution in [3.05, 3.63) is 115 Å². The molecule has 0 spiro atoms. The number of fused-ring (bicyclic) bond motifs is 2. The van der Waals surface area contributed by atoms with Gasteiger partial charge in [0.2, 0.25) is 11.9 Å². The van der Waals surface area contributed by atoms with Crippen LogP contribution in [0, 0.1) is 11.9 Å². The molecule has 0 aliphatic heterocycles. The number of nitrogens with zero attached hydrogens (tertiary/aromatic N) is 6. The monoisotopic (exact) mass is 847 g/mol. The van der Waals surface area contributed by atoms with Crippen molar-refractivity contribution in [3.63, 3.8) is 0 Å². The smallest absolute Gasteiger partial charge is 0.420 e. The summed E-state index contributed by atoms with van der Waals surface area (Å²) < 4.78 is 37.4. The maximum atomic E-state index is 13.6. The molecule has 0 atom stereocenters. The zero-order valence-corrected chi connectivity index (χ0v) is 33.7. The number of ether oxygens (including phenoxy) is 2. The van der Waals surface area contributed by atoms with Crippen molar-refractivity contribution >= 4 is 80.9 Å². The Labute approximate surface area is 342 Å². The highest BCUT2D eigenvalue weighted by molar-refractivity contribution is 6.35. The molecule has 6 rings (SSSR count). The van der Waals surface area contributed by atoms with E-state index in [0.29, 0.717) is 62.9 Å². The fourth-order valence-electron chi connectivity index (χ4n) is 6.07. The second-order valence-electron chi connectivity index (χ2n) is 12.8. The third kappa shape index (κ3) is 12.2. The van der Waals surface area contributed by atoms with Gasteiger partial charge in [0.25, 0.3) is 0 Å². The van der Waals surface area contributed by atoms with Gasteiger partial charge in [0.1, 0.15) is 17.2 Å². The number of rotatable bonds is 14. The number of hydrogen-bond acceptors (Lipinski definition) is 8. The van der Waals surface area contributed by atoms with Gasteiger partial charge >= 0.3 is 12.2 Å². The minimum absolute atomic E-state index is 0.0980. The van der Waals surface area contributed by atoms with Crippen LogP contribution in [0.4, 0.5) is 18.4 Å². The number of H-pyrrole nitrogens is 1. The van der Waals surface area contributed by atoms with Gasteiger partial charge in [0, 0.05) is 46.0 Å². The van der Waals surface area contributed by atoms with Crippen molar-refractivity contribution in [1.82, 2.24) is 34.4 Å². The molecule has 4 aromatic heterocycles. The first-order valence-corrected chi connectivity index (χ1v) is 19.3. The second kappa shape index (κ2) is 20.6. The van der Waals surface area contributed by atoms with Gasteiger partial charge < -0.3 is 19.4 Å². The molecule has 0 saturated carbocycles. The molecule has 1 amide bonds. The number of benzene rings is 2. The van der Waals surface area contributed by atoms with Gasteiger partial charge in [0.05, 0.1) is 19.7 Å². The van der Waals surface area contributed by atoms with Crippen molar-refractivity contribution in [1.29, 1.82) is 0 Å². The maximum Gasteiger partial charge on any atom is 0.420 e. The summed E-state index contributed by atoms with van der Waals surface area (Å²) in [6.45, 7) is 0.666. The molecule has 56 heavy (non-hydrogen) atoms. The first kappa shape index (κ1) is 42.6. The van der Waals surface area contributed by atoms with Crippen LogP contribution < -0.4 is 0 Å². The summed E-state index contributed by atoms with van der Waals surface area (Å²) in [4.78, 5) is 45.3. The van der Waals surface area contributed by atoms with E-state index in [1.165, 1.54) is 42.9 Å². The Bertz CT molecular complexity index is 2250. The molecule has 0 radical (unpaired) electrons. The van der Waals surface area contributed by atoms with E-state index in [-0.39, 0.29) is 12.2 Å². The third-order valence-corrected chi connectivity index (χ3v) is 9.49. The van der Waals surface area contributed by atoms with E-state index in [1.54, 1.807) is 30.3 Å².